The van der Waals surface area contributed by atoms with Gasteiger partial charge in [0.15, 0.2) is 0 Å². The predicted molar refractivity (Wildman–Crippen MR) is 121 cm³/mol. The van der Waals surface area contributed by atoms with E-state index in [0.717, 1.165) is 47.4 Å². The molecule has 1 fully saturated rings. The molecule has 4 atom stereocenters. The van der Waals surface area contributed by atoms with Gasteiger partial charge in [-0.25, -0.2) is 9.18 Å². The number of aryl methyl sites for hydroxylation is 1. The van der Waals surface area contributed by atoms with Gasteiger partial charge in [-0.1, -0.05) is 0 Å². The van der Waals surface area contributed by atoms with Gasteiger partial charge >= 0.3 is 5.69 Å². The molecular weight excluding hydrogens is 433 g/mol. The van der Waals surface area contributed by atoms with Crippen LogP contribution in [0.2, 0.25) is 0 Å². The molecule has 0 aliphatic heterocycles. The highest BCUT2D eigenvalue weighted by Gasteiger charge is 2.43. The zero-order chi connectivity index (χ0) is 22.7. The number of nitrogens with zero attached hydrogens (tertiary/aromatic N) is 1. The van der Waals surface area contributed by atoms with Crippen molar-refractivity contribution in [3.63, 3.8) is 0 Å². The van der Waals surface area contributed by atoms with E-state index in [0.29, 0.717) is 5.69 Å². The van der Waals surface area contributed by atoms with Crippen LogP contribution in [0, 0.1) is 0 Å². The van der Waals surface area contributed by atoms with Crippen LogP contribution in [0.5, 0.6) is 0 Å². The SMILES string of the molecule is COC1c2c(c(=O)[nH]c(=O)n2C2CC2)C(C)=C(F)C1c1cc2c(s1)CCCC2C(N)CO. The Morgan fingerprint density at radius 3 is 2.78 bits per heavy atom. The number of aromatic nitrogens is 2. The molecule has 0 amide bonds. The summed E-state index contributed by atoms with van der Waals surface area (Å²) >= 11 is 1.55. The van der Waals surface area contributed by atoms with E-state index in [1.165, 1.54) is 7.11 Å². The average molecular weight is 462 g/mol. The number of methoxy groups -OCH3 is 1. The van der Waals surface area contributed by atoms with Crippen molar-refractivity contribution in [1.29, 1.82) is 0 Å². The van der Waals surface area contributed by atoms with Crippen molar-refractivity contribution >= 4 is 16.9 Å². The van der Waals surface area contributed by atoms with Crippen LogP contribution in [0.3, 0.4) is 0 Å². The number of nitrogens with two attached hydrogens (primary N) is 1. The summed E-state index contributed by atoms with van der Waals surface area (Å²) in [5.41, 5.74) is 7.15. The monoisotopic (exact) mass is 461 g/mol. The van der Waals surface area contributed by atoms with Crippen LogP contribution < -0.4 is 17.0 Å². The van der Waals surface area contributed by atoms with E-state index in [-0.39, 0.29) is 35.7 Å². The second-order valence-corrected chi connectivity index (χ2v) is 10.3. The van der Waals surface area contributed by atoms with E-state index in [2.05, 4.69) is 4.98 Å². The van der Waals surface area contributed by atoms with Crippen molar-refractivity contribution in [2.24, 2.45) is 5.73 Å². The standard InChI is InChI=1S/C23H28FN3O4S/c1-10-17-20(27(11-6-7-11)23(30)26-22(17)29)21(31-2)18(19(10)24)16-8-13-12(14(25)9-28)4-3-5-15(13)32-16/h8,11-12,14,18,21,28H,3-7,9,25H2,1-2H3,(H,26,29,30). The van der Waals surface area contributed by atoms with Crippen molar-refractivity contribution in [1.82, 2.24) is 9.55 Å². The molecule has 0 bridgehead atoms. The number of hydrogen-bond acceptors (Lipinski definition) is 6. The molecule has 9 heteroatoms. The highest BCUT2D eigenvalue weighted by atomic mass is 32.1. The number of nitrogens with one attached hydrogen (secondary N) is 1. The van der Waals surface area contributed by atoms with Crippen molar-refractivity contribution in [3.05, 3.63) is 59.3 Å². The van der Waals surface area contributed by atoms with Crippen LogP contribution in [-0.2, 0) is 11.2 Å². The smallest absolute Gasteiger partial charge is 0.328 e. The number of rotatable bonds is 5. The molecule has 3 aliphatic rings. The lowest BCUT2D eigenvalue weighted by molar-refractivity contribution is 0.0728. The normalized spacial score (nSPS) is 26.1. The lowest BCUT2D eigenvalue weighted by Gasteiger charge is -2.33. The molecule has 1 saturated carbocycles. The summed E-state index contributed by atoms with van der Waals surface area (Å²) in [5.74, 6) is -1.11. The number of aliphatic hydroxyl groups is 1. The largest absolute Gasteiger partial charge is 0.395 e. The second kappa shape index (κ2) is 8.06. The molecular formula is C23H28FN3O4S. The third-order valence-corrected chi connectivity index (χ3v) is 8.43. The number of aromatic amines is 1. The number of H-pyrrole nitrogens is 1. The van der Waals surface area contributed by atoms with Gasteiger partial charge in [0.1, 0.15) is 11.9 Å². The number of aliphatic hydroxyl groups excluding tert-OH is 1. The molecule has 4 N–H and O–H groups in total. The van der Waals surface area contributed by atoms with E-state index < -0.39 is 29.1 Å². The highest BCUT2D eigenvalue weighted by molar-refractivity contribution is 7.12. The van der Waals surface area contributed by atoms with E-state index in [1.54, 1.807) is 22.8 Å². The molecule has 0 radical (unpaired) electrons. The summed E-state index contributed by atoms with van der Waals surface area (Å²) < 4.78 is 23.3. The Bertz CT molecular complexity index is 1210. The number of ether oxygens (including phenoxy) is 1. The molecule has 2 heterocycles. The summed E-state index contributed by atoms with van der Waals surface area (Å²) in [7, 11) is 1.50. The lowest BCUT2D eigenvalue weighted by atomic mass is 9.80. The number of hydrogen-bond donors (Lipinski definition) is 3. The Kier molecular flexibility index (Phi) is 5.48. The molecule has 4 unspecified atom stereocenters. The van der Waals surface area contributed by atoms with Gasteiger partial charge < -0.3 is 15.6 Å². The van der Waals surface area contributed by atoms with Crippen LogP contribution in [0.4, 0.5) is 4.39 Å². The summed E-state index contributed by atoms with van der Waals surface area (Å²) in [6.45, 7) is 1.50. The Morgan fingerprint density at radius 2 is 2.12 bits per heavy atom. The topological polar surface area (TPSA) is 110 Å². The summed E-state index contributed by atoms with van der Waals surface area (Å²) in [4.78, 5) is 29.7. The molecule has 2 aromatic heterocycles. The first kappa shape index (κ1) is 21.8. The van der Waals surface area contributed by atoms with E-state index in [1.807, 2.05) is 6.07 Å². The Hall–Kier alpha value is -2.07. The molecule has 172 valence electrons. The zero-order valence-electron chi connectivity index (χ0n) is 18.2. The van der Waals surface area contributed by atoms with Crippen molar-refractivity contribution in [2.45, 2.75) is 69.1 Å². The minimum absolute atomic E-state index is 0.00355. The molecule has 32 heavy (non-hydrogen) atoms. The van der Waals surface area contributed by atoms with Gasteiger partial charge in [0.25, 0.3) is 5.56 Å². The molecule has 0 aromatic carbocycles. The Balaban J connectivity index is 1.69. The van der Waals surface area contributed by atoms with Gasteiger partial charge in [0.2, 0.25) is 0 Å². The molecule has 0 saturated heterocycles. The molecule has 7 nitrogen and oxygen atoms in total. The summed E-state index contributed by atoms with van der Waals surface area (Å²) in [5, 5.41) is 9.60. The Labute approximate surface area is 188 Å². The third kappa shape index (κ3) is 3.25. The first-order valence-electron chi connectivity index (χ1n) is 11.1. The van der Waals surface area contributed by atoms with Gasteiger partial charge in [-0.15, -0.1) is 11.3 Å². The number of fused-ring (bicyclic) bond motifs is 2. The fraction of sp³-hybridized carbons (Fsp3) is 0.565. The van der Waals surface area contributed by atoms with Crippen molar-refractivity contribution in [3.8, 4) is 0 Å². The molecule has 0 spiro atoms. The maximum Gasteiger partial charge on any atom is 0.328 e. The number of thiophene rings is 1. The lowest BCUT2D eigenvalue weighted by Crippen LogP contribution is -2.39. The maximum absolute atomic E-state index is 15.9. The van der Waals surface area contributed by atoms with Gasteiger partial charge in [-0.2, -0.15) is 0 Å². The molecule has 5 rings (SSSR count). The molecule has 2 aromatic rings. The molecule has 3 aliphatic carbocycles. The van der Waals surface area contributed by atoms with E-state index in [9.17, 15) is 14.7 Å². The van der Waals surface area contributed by atoms with Crippen molar-refractivity contribution < 1.29 is 14.2 Å². The van der Waals surface area contributed by atoms with Crippen molar-refractivity contribution in [2.75, 3.05) is 13.7 Å². The second-order valence-electron chi connectivity index (χ2n) is 9.10. The van der Waals surface area contributed by atoms with Gasteiger partial charge in [0.05, 0.1) is 23.8 Å². The third-order valence-electron chi connectivity index (χ3n) is 7.14. The van der Waals surface area contributed by atoms with Gasteiger partial charge in [-0.05, 0) is 56.2 Å². The van der Waals surface area contributed by atoms with Gasteiger partial charge in [-0.3, -0.25) is 14.3 Å². The van der Waals surface area contributed by atoms with E-state index in [4.69, 9.17) is 10.5 Å². The fourth-order valence-electron chi connectivity index (χ4n) is 5.41. The first-order valence-corrected chi connectivity index (χ1v) is 12.0. The van der Waals surface area contributed by atoms with E-state index >= 15 is 4.39 Å². The minimum atomic E-state index is -0.783. The number of halogens is 1. The van der Waals surface area contributed by atoms with Crippen LogP contribution in [0.1, 0.15) is 83.2 Å². The summed E-state index contributed by atoms with van der Waals surface area (Å²) in [6, 6.07) is 1.65. The minimum Gasteiger partial charge on any atom is -0.395 e. The van der Waals surface area contributed by atoms with Gasteiger partial charge in [0, 0.05) is 34.9 Å². The predicted octanol–water partition coefficient (Wildman–Crippen LogP) is 2.86. The zero-order valence-corrected chi connectivity index (χ0v) is 19.0. The van der Waals surface area contributed by atoms with Crippen LogP contribution in [0.25, 0.3) is 5.57 Å². The number of allylic oxidation sites excluding steroid dienone is 1. The van der Waals surface area contributed by atoms with Crippen LogP contribution >= 0.6 is 11.3 Å². The quantitative estimate of drug-likeness (QED) is 0.634. The van der Waals surface area contributed by atoms with Crippen LogP contribution in [0.15, 0.2) is 21.5 Å². The average Bonchev–Trinajstić information content (AvgIpc) is 3.51. The summed E-state index contributed by atoms with van der Waals surface area (Å²) in [6.07, 6.45) is 3.67. The maximum atomic E-state index is 15.9. The van der Waals surface area contributed by atoms with Crippen LogP contribution in [-0.4, -0.2) is 34.4 Å². The highest BCUT2D eigenvalue weighted by Crippen LogP contribution is 2.52. The first-order chi connectivity index (χ1) is 15.4. The fourth-order valence-corrected chi connectivity index (χ4v) is 6.80. The Morgan fingerprint density at radius 1 is 1.38 bits per heavy atom.